The Balaban J connectivity index is 2.48. The lowest BCUT2D eigenvalue weighted by molar-refractivity contribution is -0.149. The van der Waals surface area contributed by atoms with E-state index < -0.39 is 0 Å². The van der Waals surface area contributed by atoms with Crippen molar-refractivity contribution in [1.29, 1.82) is 0 Å². The van der Waals surface area contributed by atoms with Crippen molar-refractivity contribution in [3.63, 3.8) is 0 Å². The third-order valence-electron chi connectivity index (χ3n) is 3.53. The molecule has 0 saturated carbocycles. The van der Waals surface area contributed by atoms with E-state index >= 15 is 0 Å². The minimum absolute atomic E-state index is 0.0537. The number of nitrogens with one attached hydrogen (secondary N) is 2. The first-order valence-corrected chi connectivity index (χ1v) is 8.01. The molecule has 0 aromatic carbocycles. The van der Waals surface area contributed by atoms with E-state index in [-0.39, 0.29) is 24.3 Å². The number of carbonyl (C=O) groups is 2. The molecule has 1 amide bonds. The normalized spacial score (nSPS) is 18.8. The van der Waals surface area contributed by atoms with Crippen LogP contribution in [0.3, 0.4) is 0 Å². The molecular formula is C15H28N4O3. The van der Waals surface area contributed by atoms with Crippen LogP contribution < -0.4 is 10.6 Å². The first-order valence-electron chi connectivity index (χ1n) is 8.01. The summed E-state index contributed by atoms with van der Waals surface area (Å²) in [6.45, 7) is 6.49. The van der Waals surface area contributed by atoms with E-state index in [0.29, 0.717) is 25.7 Å². The van der Waals surface area contributed by atoms with Crippen LogP contribution in [0.1, 0.15) is 33.1 Å². The maximum atomic E-state index is 11.9. The van der Waals surface area contributed by atoms with Crippen LogP contribution in [0, 0.1) is 5.92 Å². The van der Waals surface area contributed by atoms with Crippen molar-refractivity contribution in [2.75, 3.05) is 39.8 Å². The summed E-state index contributed by atoms with van der Waals surface area (Å²) in [7, 11) is 1.68. The average Bonchev–Trinajstić information content (AvgIpc) is 2.54. The first-order chi connectivity index (χ1) is 10.6. The van der Waals surface area contributed by atoms with Crippen molar-refractivity contribution >= 4 is 17.8 Å². The van der Waals surface area contributed by atoms with E-state index in [2.05, 4.69) is 15.6 Å². The quantitative estimate of drug-likeness (QED) is 0.420. The van der Waals surface area contributed by atoms with Gasteiger partial charge in [0.2, 0.25) is 5.91 Å². The molecule has 0 aromatic heterocycles. The molecule has 7 heteroatoms. The number of likely N-dealkylation sites (tertiary alicyclic amines) is 1. The second-order valence-electron chi connectivity index (χ2n) is 5.29. The molecule has 1 unspecified atom stereocenters. The van der Waals surface area contributed by atoms with Crippen LogP contribution in [-0.4, -0.2) is 62.6 Å². The van der Waals surface area contributed by atoms with Gasteiger partial charge in [0.1, 0.15) is 0 Å². The largest absolute Gasteiger partial charge is 0.466 e. The Bertz CT molecular complexity index is 398. The SMILES string of the molecule is CCCNC(=O)CNC(=NC)N1CCCC(C(=O)OCC)C1. The lowest BCUT2D eigenvalue weighted by Gasteiger charge is -2.33. The van der Waals surface area contributed by atoms with Gasteiger partial charge in [-0.15, -0.1) is 0 Å². The number of guanidine groups is 1. The van der Waals surface area contributed by atoms with Crippen molar-refractivity contribution in [1.82, 2.24) is 15.5 Å². The minimum Gasteiger partial charge on any atom is -0.466 e. The van der Waals surface area contributed by atoms with Gasteiger partial charge in [-0.25, -0.2) is 0 Å². The molecule has 1 rings (SSSR count). The zero-order chi connectivity index (χ0) is 16.4. The minimum atomic E-state index is -0.150. The molecule has 2 N–H and O–H groups in total. The molecule has 1 saturated heterocycles. The number of esters is 1. The number of hydrogen-bond acceptors (Lipinski definition) is 4. The predicted octanol–water partition coefficient (Wildman–Crippen LogP) is 0.363. The van der Waals surface area contributed by atoms with Crippen LogP contribution in [0.5, 0.6) is 0 Å². The Morgan fingerprint density at radius 3 is 2.73 bits per heavy atom. The fourth-order valence-corrected chi connectivity index (χ4v) is 2.44. The Kier molecular flexibility index (Phi) is 8.32. The lowest BCUT2D eigenvalue weighted by Crippen LogP contribution is -2.50. The fraction of sp³-hybridized carbons (Fsp3) is 0.800. The van der Waals surface area contributed by atoms with Crippen molar-refractivity contribution < 1.29 is 14.3 Å². The van der Waals surface area contributed by atoms with Gasteiger partial charge >= 0.3 is 5.97 Å². The van der Waals surface area contributed by atoms with Gasteiger partial charge in [0.25, 0.3) is 0 Å². The number of ether oxygens (including phenoxy) is 1. The maximum Gasteiger partial charge on any atom is 0.310 e. The molecule has 1 fully saturated rings. The monoisotopic (exact) mass is 312 g/mol. The van der Waals surface area contributed by atoms with Crippen LogP contribution in [0.15, 0.2) is 4.99 Å². The summed E-state index contributed by atoms with van der Waals surface area (Å²) in [5.41, 5.74) is 0. The highest BCUT2D eigenvalue weighted by Gasteiger charge is 2.28. The van der Waals surface area contributed by atoms with Gasteiger partial charge in [-0.3, -0.25) is 14.6 Å². The predicted molar refractivity (Wildman–Crippen MR) is 85.6 cm³/mol. The number of hydrogen-bond donors (Lipinski definition) is 2. The number of nitrogens with zero attached hydrogens (tertiary/aromatic N) is 2. The van der Waals surface area contributed by atoms with Gasteiger partial charge in [0, 0.05) is 26.7 Å². The van der Waals surface area contributed by atoms with Crippen molar-refractivity contribution in [3.05, 3.63) is 0 Å². The van der Waals surface area contributed by atoms with E-state index in [1.54, 1.807) is 7.05 Å². The Labute approximate surface area is 132 Å². The number of rotatable bonds is 6. The molecule has 1 atom stereocenters. The highest BCUT2D eigenvalue weighted by molar-refractivity contribution is 5.86. The first kappa shape index (κ1) is 18.3. The van der Waals surface area contributed by atoms with E-state index in [9.17, 15) is 9.59 Å². The summed E-state index contributed by atoms with van der Waals surface area (Å²) < 4.78 is 5.10. The molecule has 0 spiro atoms. The molecule has 0 aromatic rings. The summed E-state index contributed by atoms with van der Waals surface area (Å²) in [5, 5.41) is 5.86. The van der Waals surface area contributed by atoms with E-state index in [4.69, 9.17) is 4.74 Å². The van der Waals surface area contributed by atoms with Crippen LogP contribution in [0.4, 0.5) is 0 Å². The Hall–Kier alpha value is -1.79. The molecule has 0 radical (unpaired) electrons. The zero-order valence-corrected chi connectivity index (χ0v) is 13.9. The Morgan fingerprint density at radius 2 is 2.09 bits per heavy atom. The smallest absolute Gasteiger partial charge is 0.310 e. The summed E-state index contributed by atoms with van der Waals surface area (Å²) in [6, 6.07) is 0. The van der Waals surface area contributed by atoms with Gasteiger partial charge in [0.15, 0.2) is 5.96 Å². The van der Waals surface area contributed by atoms with Crippen LogP contribution >= 0.6 is 0 Å². The fourth-order valence-electron chi connectivity index (χ4n) is 2.44. The second-order valence-corrected chi connectivity index (χ2v) is 5.29. The van der Waals surface area contributed by atoms with Crippen molar-refractivity contribution in [3.8, 4) is 0 Å². The molecular weight excluding hydrogens is 284 g/mol. The van der Waals surface area contributed by atoms with Gasteiger partial charge in [-0.1, -0.05) is 6.92 Å². The van der Waals surface area contributed by atoms with Crippen molar-refractivity contribution in [2.45, 2.75) is 33.1 Å². The number of carbonyl (C=O) groups excluding carboxylic acids is 2. The molecule has 0 aliphatic carbocycles. The summed E-state index contributed by atoms with van der Waals surface area (Å²) in [5.74, 6) is 0.326. The molecule has 7 nitrogen and oxygen atoms in total. The molecule has 1 heterocycles. The van der Waals surface area contributed by atoms with E-state index in [0.717, 1.165) is 25.8 Å². The van der Waals surface area contributed by atoms with Crippen LogP contribution in [0.2, 0.25) is 0 Å². The average molecular weight is 312 g/mol. The van der Waals surface area contributed by atoms with Crippen LogP contribution in [-0.2, 0) is 14.3 Å². The van der Waals surface area contributed by atoms with Gasteiger partial charge in [-0.2, -0.15) is 0 Å². The molecule has 1 aliphatic rings. The third-order valence-corrected chi connectivity index (χ3v) is 3.53. The lowest BCUT2D eigenvalue weighted by atomic mass is 9.98. The van der Waals surface area contributed by atoms with Crippen molar-refractivity contribution in [2.24, 2.45) is 10.9 Å². The van der Waals surface area contributed by atoms with E-state index in [1.807, 2.05) is 18.7 Å². The standard InChI is InChI=1S/C15H28N4O3/c1-4-8-17-13(20)10-18-15(16-3)19-9-6-7-12(11-19)14(21)22-5-2/h12H,4-11H2,1-3H3,(H,16,18)(H,17,20). The number of piperidine rings is 1. The van der Waals surface area contributed by atoms with Gasteiger partial charge in [0.05, 0.1) is 19.1 Å². The van der Waals surface area contributed by atoms with Gasteiger partial charge < -0.3 is 20.3 Å². The van der Waals surface area contributed by atoms with Gasteiger partial charge in [-0.05, 0) is 26.2 Å². The molecule has 126 valence electrons. The van der Waals surface area contributed by atoms with E-state index in [1.165, 1.54) is 0 Å². The summed E-state index contributed by atoms with van der Waals surface area (Å²) in [4.78, 5) is 29.7. The number of aliphatic imine (C=N–C) groups is 1. The highest BCUT2D eigenvalue weighted by Crippen LogP contribution is 2.17. The molecule has 1 aliphatic heterocycles. The topological polar surface area (TPSA) is 83.0 Å². The molecule has 22 heavy (non-hydrogen) atoms. The zero-order valence-electron chi connectivity index (χ0n) is 13.9. The maximum absolute atomic E-state index is 11.9. The second kappa shape index (κ2) is 10.0. The summed E-state index contributed by atoms with van der Waals surface area (Å²) >= 11 is 0. The summed E-state index contributed by atoms with van der Waals surface area (Å²) in [6.07, 6.45) is 2.66. The van der Waals surface area contributed by atoms with Crippen LogP contribution in [0.25, 0.3) is 0 Å². The number of amides is 1. The third kappa shape index (κ3) is 5.91. The highest BCUT2D eigenvalue weighted by atomic mass is 16.5. The molecule has 0 bridgehead atoms. The Morgan fingerprint density at radius 1 is 1.32 bits per heavy atom.